The van der Waals surface area contributed by atoms with Gasteiger partial charge in [-0.05, 0) is 31.2 Å². The molecule has 0 spiro atoms. The number of aromatic nitrogens is 2. The predicted molar refractivity (Wildman–Crippen MR) is 100 cm³/mol. The van der Waals surface area contributed by atoms with Crippen LogP contribution in [0.25, 0.3) is 0 Å². The zero-order chi connectivity index (χ0) is 18.5. The van der Waals surface area contributed by atoms with Crippen LogP contribution in [0.5, 0.6) is 0 Å². The van der Waals surface area contributed by atoms with E-state index in [0.29, 0.717) is 24.6 Å². The summed E-state index contributed by atoms with van der Waals surface area (Å²) in [5.41, 5.74) is 2.37. The summed E-state index contributed by atoms with van der Waals surface area (Å²) in [6.07, 6.45) is 3.68. The Balaban J connectivity index is 1.85. The minimum atomic E-state index is -0.178. The zero-order valence-electron chi connectivity index (χ0n) is 15.5. The molecule has 1 aliphatic heterocycles. The lowest BCUT2D eigenvalue weighted by Crippen LogP contribution is -2.30. The SMILES string of the molecule is CCCNC(=O)c1nc(C(=O)N(C)Cc2ccccc2)n2c1CCCC2. The van der Waals surface area contributed by atoms with Crippen molar-refractivity contribution in [3.8, 4) is 0 Å². The number of fused-ring (bicyclic) bond motifs is 1. The van der Waals surface area contributed by atoms with Gasteiger partial charge in [-0.25, -0.2) is 4.98 Å². The molecule has 0 aliphatic carbocycles. The average molecular weight is 354 g/mol. The molecular weight excluding hydrogens is 328 g/mol. The monoisotopic (exact) mass is 354 g/mol. The van der Waals surface area contributed by atoms with Crippen LogP contribution in [0.1, 0.15) is 58.6 Å². The lowest BCUT2D eigenvalue weighted by Gasteiger charge is -2.20. The van der Waals surface area contributed by atoms with Gasteiger partial charge < -0.3 is 14.8 Å². The molecule has 6 nitrogen and oxygen atoms in total. The maximum Gasteiger partial charge on any atom is 0.289 e. The van der Waals surface area contributed by atoms with Gasteiger partial charge >= 0.3 is 0 Å². The van der Waals surface area contributed by atoms with Crippen molar-refractivity contribution in [3.63, 3.8) is 0 Å². The van der Waals surface area contributed by atoms with Crippen molar-refractivity contribution in [1.29, 1.82) is 0 Å². The molecule has 1 aromatic heterocycles. The van der Waals surface area contributed by atoms with Crippen LogP contribution in [0, 0.1) is 0 Å². The van der Waals surface area contributed by atoms with E-state index in [2.05, 4.69) is 10.3 Å². The van der Waals surface area contributed by atoms with Crippen LogP contribution < -0.4 is 5.32 Å². The Morgan fingerprint density at radius 1 is 1.23 bits per heavy atom. The second-order valence-corrected chi connectivity index (χ2v) is 6.74. The highest BCUT2D eigenvalue weighted by Crippen LogP contribution is 2.22. The van der Waals surface area contributed by atoms with Crippen molar-refractivity contribution in [2.75, 3.05) is 13.6 Å². The van der Waals surface area contributed by atoms with Crippen LogP contribution in [-0.2, 0) is 19.5 Å². The Kier molecular flexibility index (Phi) is 5.71. The van der Waals surface area contributed by atoms with Gasteiger partial charge in [0, 0.05) is 26.7 Å². The maximum absolute atomic E-state index is 13.0. The molecule has 3 rings (SSSR count). The fourth-order valence-corrected chi connectivity index (χ4v) is 3.31. The fourth-order valence-electron chi connectivity index (χ4n) is 3.31. The van der Waals surface area contributed by atoms with Crippen molar-refractivity contribution in [2.24, 2.45) is 0 Å². The second-order valence-electron chi connectivity index (χ2n) is 6.74. The summed E-state index contributed by atoms with van der Waals surface area (Å²) in [4.78, 5) is 31.6. The van der Waals surface area contributed by atoms with Gasteiger partial charge in [-0.2, -0.15) is 0 Å². The molecule has 6 heteroatoms. The predicted octanol–water partition coefficient (Wildman–Crippen LogP) is 2.63. The number of nitrogens with one attached hydrogen (secondary N) is 1. The number of carbonyl (C=O) groups excluding carboxylic acids is 2. The zero-order valence-corrected chi connectivity index (χ0v) is 15.5. The third kappa shape index (κ3) is 3.79. The number of imidazole rings is 1. The van der Waals surface area contributed by atoms with E-state index in [1.54, 1.807) is 11.9 Å². The number of hydrogen-bond acceptors (Lipinski definition) is 3. The van der Waals surface area contributed by atoms with Crippen molar-refractivity contribution in [2.45, 2.75) is 45.7 Å². The number of nitrogens with zero attached hydrogens (tertiary/aromatic N) is 3. The third-order valence-corrected chi connectivity index (χ3v) is 4.67. The summed E-state index contributed by atoms with van der Waals surface area (Å²) in [7, 11) is 1.77. The second kappa shape index (κ2) is 8.17. The van der Waals surface area contributed by atoms with Gasteiger partial charge in [-0.3, -0.25) is 9.59 Å². The molecule has 26 heavy (non-hydrogen) atoms. The van der Waals surface area contributed by atoms with E-state index < -0.39 is 0 Å². The molecule has 0 saturated carbocycles. The van der Waals surface area contributed by atoms with E-state index in [1.807, 2.05) is 41.8 Å². The smallest absolute Gasteiger partial charge is 0.289 e. The average Bonchev–Trinajstić information content (AvgIpc) is 3.06. The lowest BCUT2D eigenvalue weighted by molar-refractivity contribution is 0.0766. The molecule has 0 radical (unpaired) electrons. The highest BCUT2D eigenvalue weighted by atomic mass is 16.2. The number of hydrogen-bond donors (Lipinski definition) is 1. The summed E-state index contributed by atoms with van der Waals surface area (Å²) in [6.45, 7) is 3.88. The molecule has 0 atom stereocenters. The van der Waals surface area contributed by atoms with Crippen LogP contribution >= 0.6 is 0 Å². The Morgan fingerprint density at radius 3 is 2.73 bits per heavy atom. The van der Waals surface area contributed by atoms with Crippen molar-refractivity contribution in [1.82, 2.24) is 19.8 Å². The number of rotatable bonds is 6. The molecule has 0 bridgehead atoms. The van der Waals surface area contributed by atoms with E-state index in [-0.39, 0.29) is 11.8 Å². The van der Waals surface area contributed by atoms with Gasteiger partial charge in [0.2, 0.25) is 0 Å². The number of benzene rings is 1. The highest BCUT2D eigenvalue weighted by Gasteiger charge is 2.28. The van der Waals surface area contributed by atoms with E-state index in [1.165, 1.54) is 0 Å². The molecule has 2 aromatic rings. The first-order valence-electron chi connectivity index (χ1n) is 9.28. The molecule has 0 fully saturated rings. The summed E-state index contributed by atoms with van der Waals surface area (Å²) < 4.78 is 1.94. The molecular formula is C20H26N4O2. The normalized spacial score (nSPS) is 13.2. The Labute approximate surface area is 154 Å². The number of carbonyl (C=O) groups is 2. The molecule has 1 aromatic carbocycles. The first kappa shape index (κ1) is 18.2. The topological polar surface area (TPSA) is 67.2 Å². The molecule has 0 unspecified atom stereocenters. The quantitative estimate of drug-likeness (QED) is 0.867. The van der Waals surface area contributed by atoms with Gasteiger partial charge in [0.05, 0.1) is 5.69 Å². The third-order valence-electron chi connectivity index (χ3n) is 4.67. The molecule has 0 saturated heterocycles. The van der Waals surface area contributed by atoms with Crippen LogP contribution in [0.4, 0.5) is 0 Å². The summed E-state index contributed by atoms with van der Waals surface area (Å²) in [6, 6.07) is 9.86. The number of amides is 2. The van der Waals surface area contributed by atoms with Crippen LogP contribution in [0.15, 0.2) is 30.3 Å². The summed E-state index contributed by atoms with van der Waals surface area (Å²) in [5, 5.41) is 2.88. The van der Waals surface area contributed by atoms with Crippen LogP contribution in [0.2, 0.25) is 0 Å². The standard InChI is InChI=1S/C20H26N4O2/c1-3-12-21-19(25)17-16-11-7-8-13-24(16)18(22-17)20(26)23(2)14-15-9-5-4-6-10-15/h4-6,9-10H,3,7-8,11-14H2,1-2H3,(H,21,25). The minimum absolute atomic E-state index is 0.147. The molecule has 138 valence electrons. The molecule has 1 N–H and O–H groups in total. The lowest BCUT2D eigenvalue weighted by atomic mass is 10.1. The minimum Gasteiger partial charge on any atom is -0.351 e. The molecule has 2 heterocycles. The van der Waals surface area contributed by atoms with Gasteiger partial charge in [0.1, 0.15) is 5.69 Å². The van der Waals surface area contributed by atoms with E-state index in [0.717, 1.165) is 43.5 Å². The maximum atomic E-state index is 13.0. The van der Waals surface area contributed by atoms with E-state index in [4.69, 9.17) is 0 Å². The fraction of sp³-hybridized carbons (Fsp3) is 0.450. The molecule has 2 amide bonds. The van der Waals surface area contributed by atoms with Crippen molar-refractivity contribution < 1.29 is 9.59 Å². The van der Waals surface area contributed by atoms with Crippen molar-refractivity contribution >= 4 is 11.8 Å². The Bertz CT molecular complexity index is 783. The Hall–Kier alpha value is -2.63. The van der Waals surface area contributed by atoms with Crippen molar-refractivity contribution in [3.05, 3.63) is 53.1 Å². The first-order valence-corrected chi connectivity index (χ1v) is 9.28. The molecule has 1 aliphatic rings. The first-order chi connectivity index (χ1) is 12.6. The van der Waals surface area contributed by atoms with Crippen LogP contribution in [-0.4, -0.2) is 39.9 Å². The van der Waals surface area contributed by atoms with Gasteiger partial charge in [-0.1, -0.05) is 37.3 Å². The highest BCUT2D eigenvalue weighted by molar-refractivity contribution is 5.97. The summed E-state index contributed by atoms with van der Waals surface area (Å²) >= 11 is 0. The van der Waals surface area contributed by atoms with Gasteiger partial charge in [0.25, 0.3) is 11.8 Å². The van der Waals surface area contributed by atoms with E-state index in [9.17, 15) is 9.59 Å². The van der Waals surface area contributed by atoms with Crippen LogP contribution in [0.3, 0.4) is 0 Å². The van der Waals surface area contributed by atoms with E-state index >= 15 is 0 Å². The Morgan fingerprint density at radius 2 is 2.00 bits per heavy atom. The van der Waals surface area contributed by atoms with Gasteiger partial charge in [-0.15, -0.1) is 0 Å². The van der Waals surface area contributed by atoms with Gasteiger partial charge in [0.15, 0.2) is 5.82 Å². The summed E-state index contributed by atoms with van der Waals surface area (Å²) in [5.74, 6) is 0.0496. The largest absolute Gasteiger partial charge is 0.351 e.